The maximum absolute atomic E-state index is 5.63. The van der Waals surface area contributed by atoms with Crippen molar-refractivity contribution in [1.29, 1.82) is 0 Å². The van der Waals surface area contributed by atoms with Crippen LogP contribution in [0.3, 0.4) is 0 Å². The second-order valence-corrected chi connectivity index (χ2v) is 2.67. The van der Waals surface area contributed by atoms with Crippen LogP contribution < -0.4 is 5.73 Å². The SMILES string of the molecule is CCn1ncnc1C[C@H](C)N. The third kappa shape index (κ3) is 2.01. The van der Waals surface area contributed by atoms with E-state index in [9.17, 15) is 0 Å². The van der Waals surface area contributed by atoms with E-state index in [0.29, 0.717) is 0 Å². The Labute approximate surface area is 66.4 Å². The molecule has 1 aromatic heterocycles. The lowest BCUT2D eigenvalue weighted by Crippen LogP contribution is -2.20. The molecule has 0 saturated carbocycles. The van der Waals surface area contributed by atoms with Crippen molar-refractivity contribution >= 4 is 0 Å². The molecule has 0 spiro atoms. The molecule has 2 N–H and O–H groups in total. The maximum Gasteiger partial charge on any atom is 0.138 e. The molecule has 0 amide bonds. The van der Waals surface area contributed by atoms with Crippen molar-refractivity contribution in [3.8, 4) is 0 Å². The van der Waals surface area contributed by atoms with Crippen LogP contribution in [0.15, 0.2) is 6.33 Å². The summed E-state index contributed by atoms with van der Waals surface area (Å²) in [5.41, 5.74) is 5.63. The Kier molecular flexibility index (Phi) is 2.59. The summed E-state index contributed by atoms with van der Waals surface area (Å²) < 4.78 is 1.86. The quantitative estimate of drug-likeness (QED) is 0.676. The van der Waals surface area contributed by atoms with E-state index in [2.05, 4.69) is 10.1 Å². The monoisotopic (exact) mass is 154 g/mol. The number of aromatic nitrogens is 3. The van der Waals surface area contributed by atoms with Gasteiger partial charge in [0.1, 0.15) is 12.2 Å². The second-order valence-electron chi connectivity index (χ2n) is 2.67. The largest absolute Gasteiger partial charge is 0.328 e. The van der Waals surface area contributed by atoms with Crippen LogP contribution in [0.1, 0.15) is 19.7 Å². The van der Waals surface area contributed by atoms with E-state index in [0.717, 1.165) is 18.8 Å². The van der Waals surface area contributed by atoms with Gasteiger partial charge in [-0.25, -0.2) is 4.98 Å². The van der Waals surface area contributed by atoms with Crippen molar-refractivity contribution in [1.82, 2.24) is 14.8 Å². The number of aryl methyl sites for hydroxylation is 1. The lowest BCUT2D eigenvalue weighted by molar-refractivity contribution is 0.586. The van der Waals surface area contributed by atoms with E-state index in [4.69, 9.17) is 5.73 Å². The Morgan fingerprint density at radius 1 is 1.73 bits per heavy atom. The van der Waals surface area contributed by atoms with Gasteiger partial charge in [-0.3, -0.25) is 4.68 Å². The van der Waals surface area contributed by atoms with Crippen molar-refractivity contribution in [3.63, 3.8) is 0 Å². The molecule has 1 heterocycles. The van der Waals surface area contributed by atoms with Crippen LogP contribution in [0.2, 0.25) is 0 Å². The topological polar surface area (TPSA) is 56.7 Å². The third-order valence-corrected chi connectivity index (χ3v) is 1.50. The first-order chi connectivity index (χ1) is 5.24. The average molecular weight is 154 g/mol. The van der Waals surface area contributed by atoms with E-state index in [1.54, 1.807) is 6.33 Å². The predicted molar refractivity (Wildman–Crippen MR) is 43.0 cm³/mol. The molecule has 62 valence electrons. The Balaban J connectivity index is 2.68. The Bertz CT molecular complexity index is 216. The van der Waals surface area contributed by atoms with E-state index in [1.165, 1.54) is 0 Å². The van der Waals surface area contributed by atoms with Gasteiger partial charge in [0.05, 0.1) is 0 Å². The molecule has 0 bridgehead atoms. The lowest BCUT2D eigenvalue weighted by atomic mass is 10.2. The molecule has 1 atom stereocenters. The zero-order valence-corrected chi connectivity index (χ0v) is 6.99. The standard InChI is InChI=1S/C7H14N4/c1-3-11-7(4-6(2)8)9-5-10-11/h5-6H,3-4,8H2,1-2H3/t6-/m0/s1. The minimum atomic E-state index is 0.157. The summed E-state index contributed by atoms with van der Waals surface area (Å²) in [5.74, 6) is 0.975. The van der Waals surface area contributed by atoms with Gasteiger partial charge in [-0.1, -0.05) is 0 Å². The summed E-state index contributed by atoms with van der Waals surface area (Å²) in [4.78, 5) is 4.10. The van der Waals surface area contributed by atoms with Gasteiger partial charge in [-0.2, -0.15) is 5.10 Å². The van der Waals surface area contributed by atoms with Gasteiger partial charge in [0.2, 0.25) is 0 Å². The first-order valence-electron chi connectivity index (χ1n) is 3.86. The molecule has 11 heavy (non-hydrogen) atoms. The maximum atomic E-state index is 5.63. The van der Waals surface area contributed by atoms with Crippen LogP contribution in [0.4, 0.5) is 0 Å². The van der Waals surface area contributed by atoms with Gasteiger partial charge in [-0.15, -0.1) is 0 Å². The number of rotatable bonds is 3. The molecule has 0 saturated heterocycles. The zero-order chi connectivity index (χ0) is 8.27. The molecular formula is C7H14N4. The van der Waals surface area contributed by atoms with Crippen LogP contribution in [0.25, 0.3) is 0 Å². The summed E-state index contributed by atoms with van der Waals surface area (Å²) in [6.07, 6.45) is 2.37. The van der Waals surface area contributed by atoms with Crippen LogP contribution in [0.5, 0.6) is 0 Å². The Morgan fingerprint density at radius 3 is 3.00 bits per heavy atom. The molecular weight excluding hydrogens is 140 g/mol. The molecule has 0 fully saturated rings. The highest BCUT2D eigenvalue weighted by atomic mass is 15.3. The molecule has 1 rings (SSSR count). The van der Waals surface area contributed by atoms with Gasteiger partial charge < -0.3 is 5.73 Å². The van der Waals surface area contributed by atoms with Crippen molar-refractivity contribution in [2.45, 2.75) is 32.9 Å². The molecule has 0 aliphatic rings. The predicted octanol–water partition coefficient (Wildman–Crippen LogP) is 0.188. The summed E-state index contributed by atoms with van der Waals surface area (Å²) in [5, 5.41) is 4.04. The molecule has 1 aromatic rings. The highest BCUT2D eigenvalue weighted by molar-refractivity contribution is 4.87. The molecule has 0 aliphatic carbocycles. The van der Waals surface area contributed by atoms with Crippen LogP contribution in [0, 0.1) is 0 Å². The first kappa shape index (κ1) is 8.20. The molecule has 0 aromatic carbocycles. The number of hydrogen-bond acceptors (Lipinski definition) is 3. The highest BCUT2D eigenvalue weighted by Crippen LogP contribution is 1.96. The minimum Gasteiger partial charge on any atom is -0.328 e. The van der Waals surface area contributed by atoms with Crippen LogP contribution in [-0.4, -0.2) is 20.8 Å². The van der Waals surface area contributed by atoms with E-state index < -0.39 is 0 Å². The number of nitrogens with zero attached hydrogens (tertiary/aromatic N) is 3. The Morgan fingerprint density at radius 2 is 2.45 bits per heavy atom. The van der Waals surface area contributed by atoms with E-state index in [-0.39, 0.29) is 6.04 Å². The van der Waals surface area contributed by atoms with Gasteiger partial charge in [0.25, 0.3) is 0 Å². The van der Waals surface area contributed by atoms with Crippen molar-refractivity contribution in [2.75, 3.05) is 0 Å². The molecule has 4 nitrogen and oxygen atoms in total. The van der Waals surface area contributed by atoms with Crippen molar-refractivity contribution in [3.05, 3.63) is 12.2 Å². The average Bonchev–Trinajstić information content (AvgIpc) is 2.34. The minimum absolute atomic E-state index is 0.157. The normalized spacial score (nSPS) is 13.4. The highest BCUT2D eigenvalue weighted by Gasteiger charge is 2.03. The van der Waals surface area contributed by atoms with Crippen molar-refractivity contribution < 1.29 is 0 Å². The summed E-state index contributed by atoms with van der Waals surface area (Å²) >= 11 is 0. The van der Waals surface area contributed by atoms with Gasteiger partial charge in [0.15, 0.2) is 0 Å². The van der Waals surface area contributed by atoms with Crippen LogP contribution in [-0.2, 0) is 13.0 Å². The Hall–Kier alpha value is -0.900. The number of hydrogen-bond donors (Lipinski definition) is 1. The summed E-state index contributed by atoms with van der Waals surface area (Å²) in [6, 6.07) is 0.157. The fourth-order valence-corrected chi connectivity index (χ4v) is 0.998. The fourth-order valence-electron chi connectivity index (χ4n) is 0.998. The van der Waals surface area contributed by atoms with Crippen LogP contribution >= 0.6 is 0 Å². The van der Waals surface area contributed by atoms with Crippen molar-refractivity contribution in [2.24, 2.45) is 5.73 Å². The van der Waals surface area contributed by atoms with E-state index >= 15 is 0 Å². The summed E-state index contributed by atoms with van der Waals surface area (Å²) in [6.45, 7) is 4.87. The van der Waals surface area contributed by atoms with Gasteiger partial charge in [0, 0.05) is 19.0 Å². The lowest BCUT2D eigenvalue weighted by Gasteiger charge is -2.04. The molecule has 0 aliphatic heterocycles. The van der Waals surface area contributed by atoms with Gasteiger partial charge in [-0.05, 0) is 13.8 Å². The third-order valence-electron chi connectivity index (χ3n) is 1.50. The van der Waals surface area contributed by atoms with E-state index in [1.807, 2.05) is 18.5 Å². The fraction of sp³-hybridized carbons (Fsp3) is 0.714. The first-order valence-corrected chi connectivity index (χ1v) is 3.86. The molecule has 0 unspecified atom stereocenters. The molecule has 4 heteroatoms. The smallest absolute Gasteiger partial charge is 0.138 e. The number of nitrogens with two attached hydrogens (primary N) is 1. The zero-order valence-electron chi connectivity index (χ0n) is 6.99. The second kappa shape index (κ2) is 3.48. The summed E-state index contributed by atoms with van der Waals surface area (Å²) in [7, 11) is 0. The molecule has 0 radical (unpaired) electrons. The van der Waals surface area contributed by atoms with Gasteiger partial charge >= 0.3 is 0 Å².